The van der Waals surface area contributed by atoms with Gasteiger partial charge in [0.2, 0.25) is 10.0 Å². The van der Waals surface area contributed by atoms with E-state index in [0.717, 1.165) is 18.4 Å². The molecule has 1 atom stereocenters. The van der Waals surface area contributed by atoms with E-state index in [9.17, 15) is 13.5 Å². The summed E-state index contributed by atoms with van der Waals surface area (Å²) in [7, 11) is -3.71. The first-order valence-corrected chi connectivity index (χ1v) is 11.6. The van der Waals surface area contributed by atoms with Crippen molar-refractivity contribution in [1.82, 2.24) is 4.72 Å². The summed E-state index contributed by atoms with van der Waals surface area (Å²) in [6.45, 7) is 1.96. The minimum absolute atomic E-state index is 0.122. The molecule has 0 aliphatic heterocycles. The van der Waals surface area contributed by atoms with E-state index in [4.69, 9.17) is 0 Å². The summed E-state index contributed by atoms with van der Waals surface area (Å²) in [5.41, 5.74) is 0.411. The lowest BCUT2D eigenvalue weighted by atomic mass is 9.95. The van der Waals surface area contributed by atoms with Gasteiger partial charge in [-0.05, 0) is 52.4 Å². The summed E-state index contributed by atoms with van der Waals surface area (Å²) < 4.78 is 27.9. The molecule has 7 heteroatoms. The van der Waals surface area contributed by atoms with E-state index in [1.165, 1.54) is 22.7 Å². The molecule has 0 saturated carbocycles. The lowest BCUT2D eigenvalue weighted by Crippen LogP contribution is -2.40. The fraction of sp³-hybridized carbons (Fsp3) is 0.263. The van der Waals surface area contributed by atoms with Crippen molar-refractivity contribution in [1.29, 1.82) is 0 Å². The van der Waals surface area contributed by atoms with Crippen LogP contribution in [0, 0.1) is 0 Å². The smallest absolute Gasteiger partial charge is 0.240 e. The van der Waals surface area contributed by atoms with Gasteiger partial charge in [-0.3, -0.25) is 0 Å². The summed E-state index contributed by atoms with van der Waals surface area (Å²) in [6, 6.07) is 12.4. The first kappa shape index (κ1) is 19.3. The monoisotopic (exact) mass is 407 g/mol. The van der Waals surface area contributed by atoms with E-state index in [2.05, 4.69) is 11.6 Å². The molecule has 4 nitrogen and oxygen atoms in total. The van der Waals surface area contributed by atoms with Gasteiger partial charge >= 0.3 is 0 Å². The molecule has 26 heavy (non-hydrogen) atoms. The van der Waals surface area contributed by atoms with Gasteiger partial charge in [-0.1, -0.05) is 31.5 Å². The van der Waals surface area contributed by atoms with Crippen LogP contribution >= 0.6 is 22.7 Å². The third-order valence-corrected chi connectivity index (χ3v) is 7.34. The van der Waals surface area contributed by atoms with Crippen molar-refractivity contribution in [2.24, 2.45) is 0 Å². The van der Waals surface area contributed by atoms with Crippen molar-refractivity contribution in [3.8, 4) is 0 Å². The number of rotatable bonds is 8. The first-order chi connectivity index (χ1) is 12.5. The van der Waals surface area contributed by atoms with Gasteiger partial charge in [-0.15, -0.1) is 11.3 Å². The summed E-state index contributed by atoms with van der Waals surface area (Å²) in [4.78, 5) is 0.910. The molecule has 0 fully saturated rings. The highest BCUT2D eigenvalue weighted by molar-refractivity contribution is 7.89. The molecule has 2 N–H and O–H groups in total. The first-order valence-electron chi connectivity index (χ1n) is 8.33. The average Bonchev–Trinajstić information content (AvgIpc) is 3.34. The zero-order chi connectivity index (χ0) is 18.6. The molecule has 3 rings (SSSR count). The Balaban J connectivity index is 1.82. The second-order valence-electron chi connectivity index (χ2n) is 6.07. The number of sulfonamides is 1. The maximum atomic E-state index is 12.7. The Labute approximate surface area is 162 Å². The number of hydrogen-bond donors (Lipinski definition) is 2. The van der Waals surface area contributed by atoms with E-state index in [1.54, 1.807) is 12.1 Å². The zero-order valence-corrected chi connectivity index (χ0v) is 16.8. The van der Waals surface area contributed by atoms with E-state index in [0.29, 0.717) is 10.4 Å². The van der Waals surface area contributed by atoms with Crippen molar-refractivity contribution in [3.63, 3.8) is 0 Å². The topological polar surface area (TPSA) is 66.4 Å². The molecule has 0 bridgehead atoms. The maximum Gasteiger partial charge on any atom is 0.240 e. The van der Waals surface area contributed by atoms with Crippen LogP contribution < -0.4 is 4.72 Å². The van der Waals surface area contributed by atoms with Crippen molar-refractivity contribution < 1.29 is 13.5 Å². The number of aliphatic hydroxyl groups is 1. The number of nitrogens with one attached hydrogen (secondary N) is 1. The number of hydrogen-bond acceptors (Lipinski definition) is 5. The molecule has 1 aromatic carbocycles. The Morgan fingerprint density at radius 3 is 2.46 bits per heavy atom. The normalized spacial score (nSPS) is 14.2. The molecule has 0 amide bonds. The molecule has 0 aliphatic carbocycles. The van der Waals surface area contributed by atoms with E-state index in [1.807, 2.05) is 46.5 Å². The fourth-order valence-electron chi connectivity index (χ4n) is 2.75. The highest BCUT2D eigenvalue weighted by Crippen LogP contribution is 2.34. The van der Waals surface area contributed by atoms with Gasteiger partial charge in [0.15, 0.2) is 0 Å². The molecule has 2 aromatic heterocycles. The molecule has 1 unspecified atom stereocenters. The predicted octanol–water partition coefficient (Wildman–Crippen LogP) is 3.98. The van der Waals surface area contributed by atoms with Crippen LogP contribution in [0.3, 0.4) is 0 Å². The molecule has 0 saturated heterocycles. The summed E-state index contributed by atoms with van der Waals surface area (Å²) in [6.07, 6.45) is 1.93. The van der Waals surface area contributed by atoms with E-state index < -0.39 is 15.6 Å². The lowest BCUT2D eigenvalue weighted by Gasteiger charge is -2.27. The Morgan fingerprint density at radius 1 is 1.12 bits per heavy atom. The molecular weight excluding hydrogens is 386 g/mol. The second-order valence-corrected chi connectivity index (χ2v) is 9.56. The van der Waals surface area contributed by atoms with Crippen LogP contribution in [0.2, 0.25) is 0 Å². The molecule has 2 heterocycles. The van der Waals surface area contributed by atoms with Crippen LogP contribution in [0.5, 0.6) is 0 Å². The van der Waals surface area contributed by atoms with Crippen LogP contribution in [0.4, 0.5) is 0 Å². The number of thiophene rings is 2. The third kappa shape index (κ3) is 4.07. The Kier molecular flexibility index (Phi) is 5.94. The highest BCUT2D eigenvalue weighted by Gasteiger charge is 2.34. The number of benzene rings is 1. The predicted molar refractivity (Wildman–Crippen MR) is 107 cm³/mol. The SMILES string of the molecule is CCCc1ccc(S(=O)(=O)NCC(O)(c2ccsc2)c2cccs2)cc1. The summed E-state index contributed by atoms with van der Waals surface area (Å²) >= 11 is 2.87. The quantitative estimate of drug-likeness (QED) is 0.594. The molecule has 0 aliphatic rings. The maximum absolute atomic E-state index is 12.7. The van der Waals surface area contributed by atoms with E-state index >= 15 is 0 Å². The van der Waals surface area contributed by atoms with Gasteiger partial charge in [0.05, 0.1) is 4.90 Å². The molecule has 3 aromatic rings. The van der Waals surface area contributed by atoms with Gasteiger partial charge in [-0.2, -0.15) is 11.3 Å². The third-order valence-electron chi connectivity index (χ3n) is 4.22. The zero-order valence-electron chi connectivity index (χ0n) is 14.4. The van der Waals surface area contributed by atoms with Gasteiger partial charge in [0.25, 0.3) is 0 Å². The Hall–Kier alpha value is -1.51. The Bertz CT molecular complexity index is 881. The minimum Gasteiger partial charge on any atom is -0.378 e. The molecule has 0 spiro atoms. The second kappa shape index (κ2) is 8.02. The Morgan fingerprint density at radius 2 is 1.88 bits per heavy atom. The van der Waals surface area contributed by atoms with Crippen molar-refractivity contribution in [2.45, 2.75) is 30.3 Å². The molecule has 0 radical (unpaired) electrons. The standard InChI is InChI=1S/C19H21NO3S3/c1-2-4-15-6-8-17(9-7-15)26(22,23)20-14-19(21,16-10-12-24-13-16)18-5-3-11-25-18/h3,5-13,20-21H,2,4,14H2,1H3. The average molecular weight is 408 g/mol. The van der Waals surface area contributed by atoms with Gasteiger partial charge in [-0.25, -0.2) is 13.1 Å². The lowest BCUT2D eigenvalue weighted by molar-refractivity contribution is 0.0903. The van der Waals surface area contributed by atoms with Crippen molar-refractivity contribution in [3.05, 3.63) is 74.6 Å². The van der Waals surface area contributed by atoms with Crippen LogP contribution in [0.25, 0.3) is 0 Å². The number of aryl methyl sites for hydroxylation is 1. The van der Waals surface area contributed by atoms with E-state index in [-0.39, 0.29) is 11.4 Å². The van der Waals surface area contributed by atoms with Crippen LogP contribution in [0.15, 0.2) is 63.5 Å². The highest BCUT2D eigenvalue weighted by atomic mass is 32.2. The minimum atomic E-state index is -3.71. The van der Waals surface area contributed by atoms with Gasteiger partial charge in [0, 0.05) is 17.0 Å². The van der Waals surface area contributed by atoms with Crippen LogP contribution in [-0.2, 0) is 22.0 Å². The summed E-state index contributed by atoms with van der Waals surface area (Å²) in [5.74, 6) is 0. The summed E-state index contributed by atoms with van der Waals surface area (Å²) in [5, 5.41) is 16.8. The fourth-order valence-corrected chi connectivity index (χ4v) is 5.38. The van der Waals surface area contributed by atoms with Crippen LogP contribution in [-0.4, -0.2) is 20.1 Å². The van der Waals surface area contributed by atoms with Crippen molar-refractivity contribution >= 4 is 32.7 Å². The molecular formula is C19H21NO3S3. The van der Waals surface area contributed by atoms with Gasteiger partial charge < -0.3 is 5.11 Å². The molecule has 138 valence electrons. The van der Waals surface area contributed by atoms with Crippen LogP contribution in [0.1, 0.15) is 29.3 Å². The van der Waals surface area contributed by atoms with Gasteiger partial charge in [0.1, 0.15) is 5.60 Å². The van der Waals surface area contributed by atoms with Crippen molar-refractivity contribution in [2.75, 3.05) is 6.54 Å². The largest absolute Gasteiger partial charge is 0.378 e.